The van der Waals surface area contributed by atoms with Crippen LogP contribution in [0.5, 0.6) is 6.08 Å². The molecule has 49 heavy (non-hydrogen) atoms. The largest absolute Gasteiger partial charge is 0.445 e. The van der Waals surface area contributed by atoms with Crippen LogP contribution in [0.3, 0.4) is 0 Å². The number of amides is 4. The molecular weight excluding hydrogens is 654 g/mol. The Morgan fingerprint density at radius 2 is 1.90 bits per heavy atom. The van der Waals surface area contributed by atoms with Crippen molar-refractivity contribution in [1.82, 2.24) is 25.2 Å². The third-order valence-electron chi connectivity index (χ3n) is 9.40. The summed E-state index contributed by atoms with van der Waals surface area (Å²) < 4.78 is 45.1. The Morgan fingerprint density at radius 1 is 1.12 bits per heavy atom. The van der Waals surface area contributed by atoms with Crippen LogP contribution in [0.4, 0.5) is 4.79 Å². The van der Waals surface area contributed by atoms with E-state index in [1.807, 2.05) is 31.2 Å². The number of nitrogens with one attached hydrogen (secondary N) is 3. The van der Waals surface area contributed by atoms with E-state index in [0.717, 1.165) is 18.4 Å². The van der Waals surface area contributed by atoms with Crippen molar-refractivity contribution in [3.8, 4) is 6.08 Å². The van der Waals surface area contributed by atoms with Crippen LogP contribution in [-0.2, 0) is 29.1 Å². The average molecular weight is 700 g/mol. The highest BCUT2D eigenvalue weighted by Gasteiger charge is 2.62. The van der Waals surface area contributed by atoms with Crippen molar-refractivity contribution >= 4 is 44.9 Å². The number of para-hydroxylation sites is 1. The Balaban J connectivity index is 1.29. The molecule has 2 saturated carbocycles. The van der Waals surface area contributed by atoms with Gasteiger partial charge in [0.25, 0.3) is 5.91 Å². The predicted molar refractivity (Wildman–Crippen MR) is 178 cm³/mol. The van der Waals surface area contributed by atoms with E-state index in [1.165, 1.54) is 4.90 Å². The second-order valence-corrected chi connectivity index (χ2v) is 16.6. The van der Waals surface area contributed by atoms with Crippen molar-refractivity contribution in [2.45, 2.75) is 120 Å². The predicted octanol–water partition coefficient (Wildman–Crippen LogP) is 3.38. The smallest absolute Gasteiger partial charge is 0.408 e. The summed E-state index contributed by atoms with van der Waals surface area (Å²) in [5.74, 6) is -2.34. The second-order valence-electron chi connectivity index (χ2n) is 14.6. The van der Waals surface area contributed by atoms with Gasteiger partial charge < -0.3 is 29.4 Å². The number of hydrogen-bond acceptors (Lipinski definition) is 10. The number of aromatic nitrogens is 1. The van der Waals surface area contributed by atoms with Crippen molar-refractivity contribution < 1.29 is 41.5 Å². The first-order valence-corrected chi connectivity index (χ1v) is 18.6. The summed E-state index contributed by atoms with van der Waals surface area (Å²) in [5.41, 5.74) is -0.242. The summed E-state index contributed by atoms with van der Waals surface area (Å²) >= 11 is 0. The zero-order chi connectivity index (χ0) is 35.1. The molecule has 4 amide bonds. The van der Waals surface area contributed by atoms with Crippen LogP contribution < -0.4 is 20.1 Å². The quantitative estimate of drug-likeness (QED) is 0.378. The van der Waals surface area contributed by atoms with Gasteiger partial charge in [0, 0.05) is 12.3 Å². The van der Waals surface area contributed by atoms with Gasteiger partial charge in [-0.05, 0) is 77.8 Å². The summed E-state index contributed by atoms with van der Waals surface area (Å²) in [6, 6.07) is 3.39. The minimum atomic E-state index is -3.88. The first-order valence-electron chi connectivity index (χ1n) is 17.0. The van der Waals surface area contributed by atoms with Crippen molar-refractivity contribution in [3.05, 3.63) is 35.9 Å². The lowest BCUT2D eigenvalue weighted by molar-refractivity contribution is -0.141. The van der Waals surface area contributed by atoms with E-state index in [2.05, 4.69) is 20.3 Å². The van der Waals surface area contributed by atoms with Gasteiger partial charge >= 0.3 is 12.2 Å². The first-order chi connectivity index (χ1) is 23.1. The second kappa shape index (κ2) is 13.3. The molecule has 1 aromatic heterocycles. The van der Waals surface area contributed by atoms with Crippen LogP contribution in [0.2, 0.25) is 0 Å². The van der Waals surface area contributed by atoms with Gasteiger partial charge in [-0.25, -0.2) is 13.2 Å². The SMILES string of the molecule is Cc1cccc2oc(O[C@@H]3C[C@H]4C(=O)N[C@]5(C(=O)NS(=O)(=O)C6CC6)C[C@H]5C=CCCCCC[C@H](NC(=O)OC(C)(C)C)C(=O)N4C3)nc12. The van der Waals surface area contributed by atoms with Crippen LogP contribution in [0.25, 0.3) is 11.1 Å². The minimum absolute atomic E-state index is 0.0122. The molecule has 0 radical (unpaired) electrons. The number of benzene rings is 1. The summed E-state index contributed by atoms with van der Waals surface area (Å²) in [7, 11) is -3.88. The normalized spacial score (nSPS) is 28.0. The molecule has 2 aliphatic carbocycles. The van der Waals surface area contributed by atoms with Crippen LogP contribution in [0, 0.1) is 12.8 Å². The lowest BCUT2D eigenvalue weighted by Crippen LogP contribution is -2.58. The summed E-state index contributed by atoms with van der Waals surface area (Å²) in [5, 5.41) is 4.94. The molecule has 0 spiro atoms. The number of nitrogens with zero attached hydrogens (tertiary/aromatic N) is 2. The fraction of sp³-hybridized carbons (Fsp3) is 0.618. The molecule has 266 valence electrons. The minimum Gasteiger partial charge on any atom is -0.445 e. The number of fused-ring (bicyclic) bond motifs is 3. The highest BCUT2D eigenvalue weighted by Crippen LogP contribution is 2.46. The number of alkyl carbamates (subject to hydrolysis) is 1. The first kappa shape index (κ1) is 34.7. The van der Waals surface area contributed by atoms with Crippen LogP contribution >= 0.6 is 0 Å². The molecule has 2 aromatic rings. The Morgan fingerprint density at radius 3 is 2.61 bits per heavy atom. The third-order valence-corrected chi connectivity index (χ3v) is 11.2. The van der Waals surface area contributed by atoms with Crippen LogP contribution in [-0.4, -0.2) is 83.2 Å². The fourth-order valence-electron chi connectivity index (χ4n) is 6.56. The van der Waals surface area contributed by atoms with E-state index in [0.29, 0.717) is 43.2 Å². The maximum atomic E-state index is 14.3. The molecule has 6 rings (SSSR count). The Bertz CT molecular complexity index is 1760. The van der Waals surface area contributed by atoms with E-state index in [4.69, 9.17) is 13.9 Å². The molecule has 2 aliphatic heterocycles. The molecule has 3 fully saturated rings. The number of oxazole rings is 1. The van der Waals surface area contributed by atoms with Gasteiger partial charge in [-0.15, -0.1) is 0 Å². The number of aryl methyl sites for hydroxylation is 1. The van der Waals surface area contributed by atoms with E-state index in [9.17, 15) is 27.6 Å². The number of carbonyl (C=O) groups excluding carboxylic acids is 4. The van der Waals surface area contributed by atoms with Crippen LogP contribution in [0.15, 0.2) is 34.8 Å². The standard InChI is InChI=1S/C34H45N5O9S/c1-20-11-10-14-26-27(20)36-32(47-26)46-22-17-25-28(40)37-34(30(42)38-49(44,45)23-15-16-23)18-21(34)12-8-6-5-7-9-13-24(29(41)39(25)19-22)35-31(43)48-33(2,3)4/h8,10-12,14,21-25H,5-7,9,13,15-19H2,1-4H3,(H,35,43)(H,37,40)(H,38,42)/t21-,22-,24+,25+,34-/m1/s1. The maximum Gasteiger partial charge on any atom is 0.408 e. The topological polar surface area (TPSA) is 186 Å². The van der Waals surface area contributed by atoms with E-state index in [1.54, 1.807) is 26.8 Å². The number of carbonyl (C=O) groups is 4. The Labute approximate surface area is 285 Å². The van der Waals surface area contributed by atoms with Crippen LogP contribution in [0.1, 0.15) is 84.1 Å². The van der Waals surface area contributed by atoms with E-state index >= 15 is 0 Å². The van der Waals surface area contributed by atoms with Gasteiger partial charge in [0.05, 0.1) is 11.8 Å². The lowest BCUT2D eigenvalue weighted by atomic mass is 10.0. The summed E-state index contributed by atoms with van der Waals surface area (Å²) in [6.07, 6.45) is 6.72. The van der Waals surface area contributed by atoms with Crippen molar-refractivity contribution in [1.29, 1.82) is 0 Å². The van der Waals surface area contributed by atoms with Crippen molar-refractivity contribution in [2.75, 3.05) is 6.54 Å². The number of allylic oxidation sites excluding steroid dienone is 1. The summed E-state index contributed by atoms with van der Waals surface area (Å²) in [6.45, 7) is 7.04. The number of hydrogen-bond donors (Lipinski definition) is 3. The van der Waals surface area contributed by atoms with Gasteiger partial charge in [0.15, 0.2) is 5.58 Å². The van der Waals surface area contributed by atoms with Crippen molar-refractivity contribution in [2.24, 2.45) is 5.92 Å². The highest BCUT2D eigenvalue weighted by molar-refractivity contribution is 7.91. The molecule has 3 heterocycles. The Kier molecular flexibility index (Phi) is 9.42. The summed E-state index contributed by atoms with van der Waals surface area (Å²) in [4.78, 5) is 60.7. The number of sulfonamides is 1. The molecular formula is C34H45N5O9S. The van der Waals surface area contributed by atoms with Gasteiger partial charge in [-0.3, -0.25) is 19.1 Å². The monoisotopic (exact) mass is 699 g/mol. The molecule has 4 aliphatic rings. The molecule has 5 atom stereocenters. The number of rotatable bonds is 6. The molecule has 14 nitrogen and oxygen atoms in total. The highest BCUT2D eigenvalue weighted by atomic mass is 32.2. The van der Waals surface area contributed by atoms with E-state index < -0.39 is 74.3 Å². The van der Waals surface area contributed by atoms with E-state index in [-0.39, 0.29) is 25.5 Å². The van der Waals surface area contributed by atoms with Crippen molar-refractivity contribution in [3.63, 3.8) is 0 Å². The molecule has 0 unspecified atom stereocenters. The molecule has 1 aromatic carbocycles. The maximum absolute atomic E-state index is 14.3. The van der Waals surface area contributed by atoms with Gasteiger partial charge in [-0.1, -0.05) is 37.1 Å². The molecule has 3 N–H and O–H groups in total. The zero-order valence-corrected chi connectivity index (χ0v) is 29.1. The lowest BCUT2D eigenvalue weighted by Gasteiger charge is -2.30. The Hall–Kier alpha value is -4.14. The molecule has 15 heteroatoms. The van der Waals surface area contributed by atoms with Gasteiger partial charge in [0.2, 0.25) is 21.8 Å². The van der Waals surface area contributed by atoms with Gasteiger partial charge in [-0.2, -0.15) is 4.98 Å². The molecule has 1 saturated heterocycles. The average Bonchev–Trinajstić information content (AvgIpc) is 3.90. The number of ether oxygens (including phenoxy) is 2. The molecule has 0 bridgehead atoms. The third kappa shape index (κ3) is 7.86. The zero-order valence-electron chi connectivity index (χ0n) is 28.3. The fourth-order valence-corrected chi connectivity index (χ4v) is 7.92. The van der Waals surface area contributed by atoms with Gasteiger partial charge in [0.1, 0.15) is 34.8 Å².